The van der Waals surface area contributed by atoms with Gasteiger partial charge in [0.2, 0.25) is 5.88 Å². The Morgan fingerprint density at radius 1 is 1.03 bits per heavy atom. The summed E-state index contributed by atoms with van der Waals surface area (Å²) in [4.78, 5) is 30.6. The van der Waals surface area contributed by atoms with Crippen LogP contribution in [0.5, 0.6) is 11.6 Å². The van der Waals surface area contributed by atoms with Gasteiger partial charge in [0.15, 0.2) is 0 Å². The third-order valence-corrected chi connectivity index (χ3v) is 6.26. The van der Waals surface area contributed by atoms with Crippen LogP contribution in [0.15, 0.2) is 68.0 Å². The number of nitrogens with zero attached hydrogens (tertiary/aromatic N) is 3. The molecule has 2 heterocycles. The second kappa shape index (κ2) is 7.29. The zero-order chi connectivity index (χ0) is 20.7. The molecule has 7 nitrogen and oxygen atoms in total. The van der Waals surface area contributed by atoms with Gasteiger partial charge in [-0.25, -0.2) is 4.79 Å². The number of hydrogen-bond acceptors (Lipinski definition) is 6. The topological polar surface area (TPSA) is 96.8 Å². The SMILES string of the molecule is Cn1c(O)c(C2=Nc3ccccc3SC(c3cccc(O)c3)C2)c(=O)n(C)c1=O. The van der Waals surface area contributed by atoms with E-state index in [0.29, 0.717) is 17.8 Å². The van der Waals surface area contributed by atoms with Gasteiger partial charge in [0, 0.05) is 30.7 Å². The second-order valence-electron chi connectivity index (χ2n) is 6.84. The highest BCUT2D eigenvalue weighted by molar-refractivity contribution is 7.99. The predicted molar refractivity (Wildman–Crippen MR) is 113 cm³/mol. The minimum absolute atomic E-state index is 0.0112. The van der Waals surface area contributed by atoms with Crippen LogP contribution in [0.25, 0.3) is 0 Å². The van der Waals surface area contributed by atoms with Crippen LogP contribution in [0.1, 0.15) is 22.8 Å². The number of thioether (sulfide) groups is 1. The van der Waals surface area contributed by atoms with Gasteiger partial charge in [-0.2, -0.15) is 0 Å². The number of aromatic nitrogens is 2. The fourth-order valence-corrected chi connectivity index (χ4v) is 4.59. The van der Waals surface area contributed by atoms with E-state index >= 15 is 0 Å². The first kappa shape index (κ1) is 19.1. The van der Waals surface area contributed by atoms with Gasteiger partial charge >= 0.3 is 5.69 Å². The van der Waals surface area contributed by atoms with Crippen LogP contribution in [0.2, 0.25) is 0 Å². The first-order valence-corrected chi connectivity index (χ1v) is 9.86. The number of aromatic hydroxyl groups is 2. The van der Waals surface area contributed by atoms with E-state index in [1.54, 1.807) is 30.0 Å². The lowest BCUT2D eigenvalue weighted by Crippen LogP contribution is -2.40. The fourth-order valence-electron chi connectivity index (χ4n) is 3.37. The molecule has 2 aromatic carbocycles. The molecule has 0 bridgehead atoms. The largest absolute Gasteiger partial charge is 0.508 e. The first-order chi connectivity index (χ1) is 13.9. The van der Waals surface area contributed by atoms with Crippen LogP contribution in [-0.2, 0) is 14.1 Å². The number of benzene rings is 2. The molecule has 29 heavy (non-hydrogen) atoms. The van der Waals surface area contributed by atoms with Crippen molar-refractivity contribution in [2.75, 3.05) is 0 Å². The molecule has 0 saturated heterocycles. The maximum atomic E-state index is 12.8. The monoisotopic (exact) mass is 409 g/mol. The first-order valence-electron chi connectivity index (χ1n) is 8.98. The molecule has 1 aliphatic heterocycles. The van der Waals surface area contributed by atoms with Crippen molar-refractivity contribution in [1.82, 2.24) is 9.13 Å². The fraction of sp³-hybridized carbons (Fsp3) is 0.190. The van der Waals surface area contributed by atoms with Crippen LogP contribution in [0, 0.1) is 0 Å². The summed E-state index contributed by atoms with van der Waals surface area (Å²) >= 11 is 1.58. The molecule has 148 valence electrons. The third-order valence-electron chi connectivity index (χ3n) is 4.93. The van der Waals surface area contributed by atoms with E-state index in [1.807, 2.05) is 30.3 Å². The summed E-state index contributed by atoms with van der Waals surface area (Å²) in [5.41, 5.74) is 0.765. The number of aliphatic imine (C=N–C) groups is 1. The Balaban J connectivity index is 1.95. The molecule has 0 fully saturated rings. The quantitative estimate of drug-likeness (QED) is 0.678. The number of hydrogen-bond donors (Lipinski definition) is 2. The van der Waals surface area contributed by atoms with E-state index in [-0.39, 0.29) is 16.6 Å². The molecule has 1 unspecified atom stereocenters. The standard InChI is InChI=1S/C21H19N3O4S/c1-23-19(26)18(20(27)24(2)21(23)28)15-11-17(12-6-5-7-13(25)10-12)29-16-9-4-3-8-14(16)22-15/h3-10,17,25-26H,11H2,1-2H3. The normalized spacial score (nSPS) is 16.1. The minimum Gasteiger partial charge on any atom is -0.508 e. The van der Waals surface area contributed by atoms with Crippen molar-refractivity contribution in [2.24, 2.45) is 19.1 Å². The van der Waals surface area contributed by atoms with Gasteiger partial charge in [-0.1, -0.05) is 24.3 Å². The van der Waals surface area contributed by atoms with Gasteiger partial charge < -0.3 is 10.2 Å². The van der Waals surface area contributed by atoms with Gasteiger partial charge in [0.1, 0.15) is 11.3 Å². The smallest absolute Gasteiger partial charge is 0.333 e. The van der Waals surface area contributed by atoms with Crippen molar-refractivity contribution in [3.63, 3.8) is 0 Å². The highest BCUT2D eigenvalue weighted by Gasteiger charge is 2.27. The molecule has 0 radical (unpaired) electrons. The molecule has 0 amide bonds. The molecular formula is C21H19N3O4S. The van der Waals surface area contributed by atoms with Crippen molar-refractivity contribution >= 4 is 23.2 Å². The zero-order valence-electron chi connectivity index (χ0n) is 15.9. The van der Waals surface area contributed by atoms with Crippen molar-refractivity contribution in [1.29, 1.82) is 0 Å². The maximum absolute atomic E-state index is 12.8. The van der Waals surface area contributed by atoms with Crippen LogP contribution in [0.3, 0.4) is 0 Å². The van der Waals surface area contributed by atoms with Gasteiger partial charge in [-0.3, -0.25) is 18.9 Å². The van der Waals surface area contributed by atoms with Crippen LogP contribution >= 0.6 is 11.8 Å². The molecule has 1 aliphatic rings. The van der Waals surface area contributed by atoms with E-state index in [4.69, 9.17) is 0 Å². The number of phenols is 1. The Morgan fingerprint density at radius 3 is 2.55 bits per heavy atom. The summed E-state index contributed by atoms with van der Waals surface area (Å²) in [5.74, 6) is -0.254. The van der Waals surface area contributed by atoms with E-state index < -0.39 is 17.1 Å². The third kappa shape index (κ3) is 3.36. The summed E-state index contributed by atoms with van der Waals surface area (Å²) in [7, 11) is 2.79. The molecule has 0 aliphatic carbocycles. The molecular weight excluding hydrogens is 390 g/mol. The average molecular weight is 409 g/mol. The van der Waals surface area contributed by atoms with E-state index in [2.05, 4.69) is 4.99 Å². The Morgan fingerprint density at radius 2 is 1.79 bits per heavy atom. The Labute approximate surface area is 170 Å². The van der Waals surface area contributed by atoms with Gasteiger partial charge in [-0.15, -0.1) is 11.8 Å². The summed E-state index contributed by atoms with van der Waals surface area (Å²) in [5, 5.41) is 20.4. The lowest BCUT2D eigenvalue weighted by Gasteiger charge is -2.17. The summed E-state index contributed by atoms with van der Waals surface area (Å²) in [6.45, 7) is 0. The second-order valence-corrected chi connectivity index (χ2v) is 8.08. The van der Waals surface area contributed by atoms with Crippen molar-refractivity contribution < 1.29 is 10.2 Å². The predicted octanol–water partition coefficient (Wildman–Crippen LogP) is 2.85. The average Bonchev–Trinajstić information content (AvgIpc) is 2.90. The highest BCUT2D eigenvalue weighted by atomic mass is 32.2. The molecule has 8 heteroatoms. The zero-order valence-corrected chi connectivity index (χ0v) is 16.7. The van der Waals surface area contributed by atoms with Gasteiger partial charge in [-0.05, 0) is 29.8 Å². The van der Waals surface area contributed by atoms with E-state index in [0.717, 1.165) is 19.6 Å². The van der Waals surface area contributed by atoms with E-state index in [9.17, 15) is 19.8 Å². The number of phenolic OH excluding ortho intramolecular Hbond substituents is 1. The molecule has 2 N–H and O–H groups in total. The number of fused-ring (bicyclic) bond motifs is 1. The van der Waals surface area contributed by atoms with Crippen molar-refractivity contribution in [2.45, 2.75) is 16.6 Å². The van der Waals surface area contributed by atoms with Crippen LogP contribution in [0.4, 0.5) is 5.69 Å². The molecule has 4 rings (SSSR count). The van der Waals surface area contributed by atoms with Gasteiger partial charge in [0.05, 0.1) is 11.4 Å². The summed E-state index contributed by atoms with van der Waals surface area (Å²) in [6, 6.07) is 14.5. The van der Waals surface area contributed by atoms with Crippen LogP contribution in [-0.4, -0.2) is 25.1 Å². The van der Waals surface area contributed by atoms with E-state index in [1.165, 1.54) is 14.1 Å². The lowest BCUT2D eigenvalue weighted by atomic mass is 10.0. The maximum Gasteiger partial charge on any atom is 0.333 e. The molecule has 1 aromatic heterocycles. The van der Waals surface area contributed by atoms with Crippen molar-refractivity contribution in [3.05, 3.63) is 80.5 Å². The van der Waals surface area contributed by atoms with Crippen molar-refractivity contribution in [3.8, 4) is 11.6 Å². The minimum atomic E-state index is -0.607. The summed E-state index contributed by atoms with van der Waals surface area (Å²) < 4.78 is 2.00. The lowest BCUT2D eigenvalue weighted by molar-refractivity contribution is 0.410. The number of para-hydroxylation sites is 1. The molecule has 0 spiro atoms. The Bertz CT molecular complexity index is 1260. The van der Waals surface area contributed by atoms with Gasteiger partial charge in [0.25, 0.3) is 5.56 Å². The molecule has 1 atom stereocenters. The molecule has 3 aromatic rings. The highest BCUT2D eigenvalue weighted by Crippen LogP contribution is 2.46. The number of rotatable bonds is 2. The Hall–Kier alpha value is -3.26. The van der Waals surface area contributed by atoms with Crippen LogP contribution < -0.4 is 11.2 Å². The Kier molecular flexibility index (Phi) is 4.79. The molecule has 0 saturated carbocycles. The summed E-state index contributed by atoms with van der Waals surface area (Å²) in [6.07, 6.45) is 0.337.